The summed E-state index contributed by atoms with van der Waals surface area (Å²) in [7, 11) is 1.91. The fourth-order valence-corrected chi connectivity index (χ4v) is 2.15. The molecule has 0 spiro atoms. The van der Waals surface area contributed by atoms with Crippen molar-refractivity contribution in [1.82, 2.24) is 5.32 Å². The van der Waals surface area contributed by atoms with Crippen molar-refractivity contribution in [1.29, 1.82) is 0 Å². The van der Waals surface area contributed by atoms with Crippen LogP contribution in [0.2, 0.25) is 0 Å². The first-order valence-electron chi connectivity index (χ1n) is 7.87. The third-order valence-corrected chi connectivity index (χ3v) is 3.76. The Hall–Kier alpha value is -1.13. The zero-order chi connectivity index (χ0) is 15.2. The van der Waals surface area contributed by atoms with Gasteiger partial charge in [0.25, 0.3) is 0 Å². The predicted octanol–water partition coefficient (Wildman–Crippen LogP) is 3.19. The van der Waals surface area contributed by atoms with Crippen molar-refractivity contribution in [3.63, 3.8) is 0 Å². The summed E-state index contributed by atoms with van der Waals surface area (Å²) in [5.41, 5.74) is 1.61. The van der Waals surface area contributed by atoms with Gasteiger partial charge in [-0.25, -0.2) is 4.39 Å². The maximum atomic E-state index is 14.2. The molecule has 0 amide bonds. The fraction of sp³-hybridized carbons (Fsp3) is 0.647. The third-order valence-electron chi connectivity index (χ3n) is 3.76. The van der Waals surface area contributed by atoms with E-state index in [0.29, 0.717) is 31.4 Å². The van der Waals surface area contributed by atoms with Crippen molar-refractivity contribution < 1.29 is 9.13 Å². The van der Waals surface area contributed by atoms with E-state index in [0.717, 1.165) is 18.1 Å². The molecule has 0 aliphatic heterocycles. The van der Waals surface area contributed by atoms with Crippen molar-refractivity contribution in [2.75, 3.05) is 31.7 Å². The Morgan fingerprint density at radius 2 is 2.14 bits per heavy atom. The average Bonchev–Trinajstić information content (AvgIpc) is 3.25. The predicted molar refractivity (Wildman–Crippen MR) is 85.2 cm³/mol. The summed E-state index contributed by atoms with van der Waals surface area (Å²) >= 11 is 0. The van der Waals surface area contributed by atoms with Gasteiger partial charge in [-0.3, -0.25) is 0 Å². The Morgan fingerprint density at radius 1 is 1.38 bits per heavy atom. The Bertz CT molecular complexity index is 446. The highest BCUT2D eigenvalue weighted by molar-refractivity contribution is 5.48. The number of benzene rings is 1. The Labute approximate surface area is 127 Å². The van der Waals surface area contributed by atoms with E-state index < -0.39 is 0 Å². The molecule has 21 heavy (non-hydrogen) atoms. The van der Waals surface area contributed by atoms with Crippen LogP contribution in [0.25, 0.3) is 0 Å². The van der Waals surface area contributed by atoms with Crippen molar-refractivity contribution in [2.45, 2.75) is 39.3 Å². The number of hydrogen-bond donors (Lipinski definition) is 1. The van der Waals surface area contributed by atoms with Crippen LogP contribution in [0.4, 0.5) is 10.1 Å². The van der Waals surface area contributed by atoms with Gasteiger partial charge < -0.3 is 15.0 Å². The van der Waals surface area contributed by atoms with Gasteiger partial charge in [-0.15, -0.1) is 0 Å². The van der Waals surface area contributed by atoms with Gasteiger partial charge in [0, 0.05) is 32.8 Å². The third kappa shape index (κ3) is 5.64. The molecule has 4 heteroatoms. The Balaban J connectivity index is 1.80. The van der Waals surface area contributed by atoms with Crippen LogP contribution >= 0.6 is 0 Å². The zero-order valence-corrected chi connectivity index (χ0v) is 13.4. The first-order valence-corrected chi connectivity index (χ1v) is 7.87. The van der Waals surface area contributed by atoms with Crippen LogP contribution < -0.4 is 10.2 Å². The molecule has 2 rings (SSSR count). The molecule has 1 aromatic rings. The lowest BCUT2D eigenvalue weighted by atomic mass is 10.1. The van der Waals surface area contributed by atoms with Crippen molar-refractivity contribution in [2.24, 2.45) is 5.92 Å². The summed E-state index contributed by atoms with van der Waals surface area (Å²) in [6, 6.07) is 5.86. The molecule has 0 saturated heterocycles. The molecular weight excluding hydrogens is 267 g/mol. The summed E-state index contributed by atoms with van der Waals surface area (Å²) in [5.74, 6) is 0.613. The molecule has 0 radical (unpaired) electrons. The van der Waals surface area contributed by atoms with E-state index in [2.05, 4.69) is 19.2 Å². The van der Waals surface area contributed by atoms with Crippen LogP contribution in [0.5, 0.6) is 0 Å². The molecule has 1 saturated carbocycles. The topological polar surface area (TPSA) is 24.5 Å². The highest BCUT2D eigenvalue weighted by atomic mass is 19.1. The quantitative estimate of drug-likeness (QED) is 0.708. The zero-order valence-electron chi connectivity index (χ0n) is 13.4. The van der Waals surface area contributed by atoms with E-state index >= 15 is 0 Å². The van der Waals surface area contributed by atoms with Gasteiger partial charge >= 0.3 is 0 Å². The van der Waals surface area contributed by atoms with Crippen LogP contribution in [0.15, 0.2) is 18.2 Å². The van der Waals surface area contributed by atoms with Gasteiger partial charge in [0.1, 0.15) is 5.82 Å². The monoisotopic (exact) mass is 294 g/mol. The lowest BCUT2D eigenvalue weighted by Crippen LogP contribution is -2.24. The summed E-state index contributed by atoms with van der Waals surface area (Å²) in [6.07, 6.45) is 2.60. The first kappa shape index (κ1) is 16.2. The van der Waals surface area contributed by atoms with Gasteiger partial charge in [0.15, 0.2) is 0 Å². The molecule has 1 aliphatic rings. The second-order valence-electron chi connectivity index (χ2n) is 6.26. The molecule has 0 bridgehead atoms. The lowest BCUT2D eigenvalue weighted by Gasteiger charge is -2.20. The van der Waals surface area contributed by atoms with Gasteiger partial charge in [0.05, 0.1) is 12.3 Å². The van der Waals surface area contributed by atoms with Crippen molar-refractivity contribution in [3.05, 3.63) is 29.6 Å². The number of nitrogens with zero attached hydrogens (tertiary/aromatic N) is 1. The first-order chi connectivity index (χ1) is 10.1. The van der Waals surface area contributed by atoms with Crippen molar-refractivity contribution in [3.8, 4) is 0 Å². The molecule has 0 atom stereocenters. The van der Waals surface area contributed by atoms with Crippen LogP contribution in [0, 0.1) is 11.7 Å². The summed E-state index contributed by atoms with van der Waals surface area (Å²) < 4.78 is 19.8. The Kier molecular flexibility index (Phi) is 6.00. The average molecular weight is 294 g/mol. The van der Waals surface area contributed by atoms with E-state index in [1.165, 1.54) is 12.8 Å². The minimum Gasteiger partial charge on any atom is -0.379 e. The minimum absolute atomic E-state index is 0.164. The highest BCUT2D eigenvalue weighted by Gasteiger charge is 2.21. The molecule has 3 nitrogen and oxygen atoms in total. The van der Waals surface area contributed by atoms with Crippen LogP contribution in [0.1, 0.15) is 32.3 Å². The maximum absolute atomic E-state index is 14.2. The fourth-order valence-electron chi connectivity index (χ4n) is 2.15. The van der Waals surface area contributed by atoms with Gasteiger partial charge in [-0.1, -0.05) is 19.9 Å². The molecule has 1 aliphatic carbocycles. The molecule has 0 heterocycles. The smallest absolute Gasteiger partial charge is 0.146 e. The van der Waals surface area contributed by atoms with Gasteiger partial charge in [-0.05, 0) is 36.5 Å². The second kappa shape index (κ2) is 7.76. The molecule has 1 aromatic carbocycles. The van der Waals surface area contributed by atoms with E-state index in [4.69, 9.17) is 4.74 Å². The maximum Gasteiger partial charge on any atom is 0.146 e. The van der Waals surface area contributed by atoms with Gasteiger partial charge in [-0.2, -0.15) is 0 Å². The van der Waals surface area contributed by atoms with E-state index in [9.17, 15) is 4.39 Å². The van der Waals surface area contributed by atoms with Crippen LogP contribution in [-0.4, -0.2) is 32.8 Å². The second-order valence-corrected chi connectivity index (χ2v) is 6.26. The lowest BCUT2D eigenvalue weighted by molar-refractivity contribution is 0.131. The summed E-state index contributed by atoms with van der Waals surface area (Å²) in [5, 5.41) is 3.30. The molecule has 1 N–H and O–H groups in total. The number of nitrogens with one attached hydrogen (secondary N) is 1. The van der Waals surface area contributed by atoms with E-state index in [1.54, 1.807) is 6.07 Å². The van der Waals surface area contributed by atoms with E-state index in [1.807, 2.05) is 24.1 Å². The number of halogens is 1. The molecule has 1 fully saturated rings. The van der Waals surface area contributed by atoms with Crippen LogP contribution in [-0.2, 0) is 11.3 Å². The summed E-state index contributed by atoms with van der Waals surface area (Å²) in [4.78, 5) is 1.92. The van der Waals surface area contributed by atoms with Gasteiger partial charge in [0.2, 0.25) is 0 Å². The van der Waals surface area contributed by atoms with Crippen LogP contribution in [0.3, 0.4) is 0 Å². The minimum atomic E-state index is -0.164. The highest BCUT2D eigenvalue weighted by Crippen LogP contribution is 2.28. The van der Waals surface area contributed by atoms with Crippen molar-refractivity contribution >= 4 is 5.69 Å². The van der Waals surface area contributed by atoms with E-state index in [-0.39, 0.29) is 5.82 Å². The SMILES string of the molecule is CC(C)NCc1ccc(N(C)CCOCC2CC2)c(F)c1. The largest absolute Gasteiger partial charge is 0.379 e. The molecular formula is C17H27FN2O. The molecule has 0 aromatic heterocycles. The summed E-state index contributed by atoms with van der Waals surface area (Å²) in [6.45, 7) is 7.09. The Morgan fingerprint density at radius 3 is 2.76 bits per heavy atom. The number of hydrogen-bond acceptors (Lipinski definition) is 3. The number of rotatable bonds is 9. The number of anilines is 1. The molecule has 118 valence electrons. The number of likely N-dealkylation sites (N-methyl/N-ethyl adjacent to an activating group) is 1. The number of ether oxygens (including phenoxy) is 1. The standard InChI is InChI=1S/C17H27FN2O/c1-13(2)19-11-15-6-7-17(16(18)10-15)20(3)8-9-21-12-14-4-5-14/h6-7,10,13-14,19H,4-5,8-9,11-12H2,1-3H3. The molecule has 0 unspecified atom stereocenters. The normalized spacial score (nSPS) is 14.7.